The third kappa shape index (κ3) is 3.56. The number of nitrogens with zero attached hydrogens (tertiary/aromatic N) is 1. The summed E-state index contributed by atoms with van der Waals surface area (Å²) in [4.78, 5) is 16.5. The number of anilines is 2. The van der Waals surface area contributed by atoms with Gasteiger partial charge in [-0.3, -0.25) is 10.5 Å². The van der Waals surface area contributed by atoms with E-state index < -0.39 is 0 Å². The summed E-state index contributed by atoms with van der Waals surface area (Å²) in [7, 11) is 3.12. The minimum atomic E-state index is -0.319. The highest BCUT2D eigenvalue weighted by molar-refractivity contribution is 7.20. The summed E-state index contributed by atoms with van der Waals surface area (Å²) in [6.45, 7) is 0.273. The average molecular weight is 384 g/mol. The molecule has 138 valence electrons. The number of hydrogen-bond acceptors (Lipinski definition) is 7. The zero-order chi connectivity index (χ0) is 19.6. The second-order valence-electron chi connectivity index (χ2n) is 5.70. The van der Waals surface area contributed by atoms with Gasteiger partial charge in [-0.05, 0) is 23.8 Å². The molecule has 0 aliphatic rings. The van der Waals surface area contributed by atoms with Crippen LogP contribution in [0.3, 0.4) is 0 Å². The molecule has 9 heteroatoms. The maximum absolute atomic E-state index is 12.6. The van der Waals surface area contributed by atoms with Crippen LogP contribution in [0, 0.1) is 11.3 Å². The van der Waals surface area contributed by atoms with Crippen molar-refractivity contribution < 1.29 is 19.3 Å². The van der Waals surface area contributed by atoms with Crippen LogP contribution in [0.4, 0.5) is 11.5 Å². The Bertz CT molecular complexity index is 1050. The predicted octanol–water partition coefficient (Wildman–Crippen LogP) is 1.70. The number of nitrogens with one attached hydrogen (secondary N) is 2. The van der Waals surface area contributed by atoms with Crippen LogP contribution in [-0.2, 0) is 6.54 Å². The molecule has 3 rings (SSSR count). The number of pyridine rings is 1. The number of aromatic nitrogens is 1. The molecular weight excluding hydrogens is 366 g/mol. The number of rotatable bonds is 5. The van der Waals surface area contributed by atoms with Crippen molar-refractivity contribution in [2.75, 3.05) is 25.7 Å². The van der Waals surface area contributed by atoms with Gasteiger partial charge in [0.25, 0.3) is 11.7 Å². The Labute approximate surface area is 159 Å². The van der Waals surface area contributed by atoms with E-state index in [-0.39, 0.29) is 23.8 Å². The van der Waals surface area contributed by atoms with Gasteiger partial charge in [-0.15, -0.1) is 0 Å². The molecule has 6 N–H and O–H groups in total. The number of nitrogen functional groups attached to an aromatic ring is 2. The first-order valence-corrected chi connectivity index (χ1v) is 8.72. The number of amides is 1. The molecule has 0 unspecified atom stereocenters. The molecule has 3 aromatic rings. The first-order valence-electron chi connectivity index (χ1n) is 7.90. The third-order valence-corrected chi connectivity index (χ3v) is 5.14. The number of nitriles is 1. The molecule has 2 aromatic heterocycles. The third-order valence-electron chi connectivity index (χ3n) is 4.00. The van der Waals surface area contributed by atoms with Crippen molar-refractivity contribution in [2.45, 2.75) is 6.54 Å². The number of carbonyl (C=O) groups is 1. The lowest BCUT2D eigenvalue weighted by Gasteiger charge is -2.09. The van der Waals surface area contributed by atoms with E-state index in [9.17, 15) is 4.79 Å². The number of hydrogen-bond donors (Lipinski definition) is 3. The quantitative estimate of drug-likeness (QED) is 0.612. The zero-order valence-corrected chi connectivity index (χ0v) is 15.6. The molecule has 0 saturated heterocycles. The zero-order valence-electron chi connectivity index (χ0n) is 14.8. The Kier molecular flexibility index (Phi) is 5.00. The molecule has 8 nitrogen and oxygen atoms in total. The van der Waals surface area contributed by atoms with Crippen LogP contribution < -0.4 is 31.2 Å². The van der Waals surface area contributed by atoms with Gasteiger partial charge in [0.2, 0.25) is 0 Å². The molecule has 1 amide bonds. The van der Waals surface area contributed by atoms with Gasteiger partial charge in [0, 0.05) is 12.6 Å². The molecule has 0 aliphatic carbocycles. The smallest absolute Gasteiger partial charge is 0.289 e. The summed E-state index contributed by atoms with van der Waals surface area (Å²) in [5.41, 5.74) is 13.3. The van der Waals surface area contributed by atoms with E-state index in [0.717, 1.165) is 5.56 Å². The molecule has 0 aliphatic heterocycles. The Hall–Kier alpha value is -3.51. The van der Waals surface area contributed by atoms with E-state index in [4.69, 9.17) is 26.2 Å². The summed E-state index contributed by atoms with van der Waals surface area (Å²) < 4.78 is 10.5. The number of methoxy groups -OCH3 is 2. The van der Waals surface area contributed by atoms with Crippen LogP contribution in [0.1, 0.15) is 20.8 Å². The standard InChI is InChI=1S/C18H17N5O3S/c1-25-11-3-9(4-12(6-11)26-2)8-22-17(24)15-14(20)13-5-10(7-19)16(21)23-18(13)27-15/h3-6H,8,20H2,1-2H3,(H2,21,23)(H,22,24)/p+1. The lowest BCUT2D eigenvalue weighted by atomic mass is 10.2. The lowest BCUT2D eigenvalue weighted by molar-refractivity contribution is -0.323. The number of thiophene rings is 1. The fourth-order valence-electron chi connectivity index (χ4n) is 2.60. The number of benzene rings is 1. The number of carbonyl (C=O) groups excluding carboxylic acids is 1. The van der Waals surface area contributed by atoms with Crippen LogP contribution in [0.15, 0.2) is 24.3 Å². The molecular formula is C18H18N5O3S+. The summed E-state index contributed by atoms with van der Waals surface area (Å²) in [5.74, 6) is 1.19. The first kappa shape index (κ1) is 18.3. The van der Waals surface area contributed by atoms with Gasteiger partial charge < -0.3 is 20.5 Å². The maximum Gasteiger partial charge on any atom is 0.289 e. The molecule has 0 spiro atoms. The summed E-state index contributed by atoms with van der Waals surface area (Å²) in [6.07, 6.45) is 0. The predicted molar refractivity (Wildman–Crippen MR) is 103 cm³/mol. The van der Waals surface area contributed by atoms with E-state index >= 15 is 0 Å². The van der Waals surface area contributed by atoms with E-state index in [1.54, 1.807) is 26.4 Å². The molecule has 27 heavy (non-hydrogen) atoms. The lowest BCUT2D eigenvalue weighted by Crippen LogP contribution is -2.22. The maximum atomic E-state index is 12.6. The Balaban J connectivity index is 1.85. The van der Waals surface area contributed by atoms with Crippen molar-refractivity contribution in [3.63, 3.8) is 0 Å². The van der Waals surface area contributed by atoms with Gasteiger partial charge >= 0.3 is 0 Å². The van der Waals surface area contributed by atoms with Crippen molar-refractivity contribution >= 4 is 39.0 Å². The fourth-order valence-corrected chi connectivity index (χ4v) is 3.63. The molecule has 0 bridgehead atoms. The number of fused-ring (bicyclic) bond motifs is 1. The van der Waals surface area contributed by atoms with Gasteiger partial charge in [0.05, 0.1) is 25.3 Å². The van der Waals surface area contributed by atoms with E-state index in [1.165, 1.54) is 11.3 Å². The van der Waals surface area contributed by atoms with Crippen molar-refractivity contribution in [1.29, 1.82) is 5.26 Å². The Morgan fingerprint density at radius 3 is 2.48 bits per heavy atom. The average Bonchev–Trinajstić information content (AvgIpc) is 3.00. The number of nitrogens with two attached hydrogens (primary N) is 2. The number of H-pyrrole nitrogens is 1. The van der Waals surface area contributed by atoms with Crippen molar-refractivity contribution in [2.24, 2.45) is 0 Å². The number of aromatic amines is 1. The van der Waals surface area contributed by atoms with Gasteiger partial charge in [-0.25, -0.2) is 4.98 Å². The highest BCUT2D eigenvalue weighted by Crippen LogP contribution is 2.32. The summed E-state index contributed by atoms with van der Waals surface area (Å²) in [6, 6.07) is 8.94. The van der Waals surface area contributed by atoms with Gasteiger partial charge in [-0.2, -0.15) is 5.26 Å². The molecule has 2 heterocycles. The normalized spacial score (nSPS) is 10.4. The van der Waals surface area contributed by atoms with Crippen molar-refractivity contribution in [3.05, 3.63) is 40.3 Å². The highest BCUT2D eigenvalue weighted by atomic mass is 32.1. The van der Waals surface area contributed by atoms with Crippen molar-refractivity contribution in [1.82, 2.24) is 5.32 Å². The molecule has 0 saturated carbocycles. The SMILES string of the molecule is COc1cc(CNC(=O)c2sc3[nH+]c(N)c(C#N)cc3c2N)cc(OC)c1. The van der Waals surface area contributed by atoms with E-state index in [0.29, 0.717) is 32.3 Å². The highest BCUT2D eigenvalue weighted by Gasteiger charge is 2.20. The van der Waals surface area contributed by atoms with E-state index in [1.807, 2.05) is 18.2 Å². The second-order valence-corrected chi connectivity index (χ2v) is 6.72. The molecule has 0 atom stereocenters. The summed E-state index contributed by atoms with van der Waals surface area (Å²) >= 11 is 1.18. The van der Waals surface area contributed by atoms with E-state index in [2.05, 4.69) is 10.3 Å². The largest absolute Gasteiger partial charge is 0.497 e. The van der Waals surface area contributed by atoms with Gasteiger partial charge in [0.1, 0.15) is 28.0 Å². The van der Waals surface area contributed by atoms with Gasteiger partial charge in [-0.1, -0.05) is 11.3 Å². The van der Waals surface area contributed by atoms with Gasteiger partial charge in [0.15, 0.2) is 4.83 Å². The first-order chi connectivity index (χ1) is 13.0. The van der Waals surface area contributed by atoms with Crippen molar-refractivity contribution in [3.8, 4) is 17.6 Å². The fraction of sp³-hybridized carbons (Fsp3) is 0.167. The topological polar surface area (TPSA) is 138 Å². The van der Waals surface area contributed by atoms with Crippen LogP contribution in [-0.4, -0.2) is 20.1 Å². The molecule has 0 radical (unpaired) electrons. The Morgan fingerprint density at radius 2 is 1.89 bits per heavy atom. The minimum Gasteiger partial charge on any atom is -0.497 e. The monoisotopic (exact) mass is 384 g/mol. The molecule has 0 fully saturated rings. The van der Waals surface area contributed by atoms with Crippen LogP contribution in [0.5, 0.6) is 11.5 Å². The van der Waals surface area contributed by atoms with Crippen LogP contribution in [0.25, 0.3) is 10.2 Å². The summed E-state index contributed by atoms with van der Waals surface area (Å²) in [5, 5.41) is 12.5. The number of ether oxygens (including phenoxy) is 2. The van der Waals surface area contributed by atoms with Crippen LogP contribution in [0.2, 0.25) is 0 Å². The second kappa shape index (κ2) is 7.39. The molecule has 1 aromatic carbocycles. The minimum absolute atomic E-state index is 0.238. The Morgan fingerprint density at radius 1 is 1.22 bits per heavy atom. The van der Waals surface area contributed by atoms with Crippen LogP contribution >= 0.6 is 11.3 Å².